The molecule has 7 nitrogen and oxygen atoms in total. The molecule has 138 valence electrons. The maximum atomic E-state index is 12.5. The Morgan fingerprint density at radius 1 is 1.18 bits per heavy atom. The first-order valence-electron chi connectivity index (χ1n) is 8.40. The normalized spacial score (nSPS) is 11.3. The minimum Gasteiger partial charge on any atom is -0.366 e. The first-order valence-corrected chi connectivity index (χ1v) is 9.28. The quantitative estimate of drug-likeness (QED) is 0.402. The average molecular weight is 389 g/mol. The largest absolute Gasteiger partial charge is 0.366 e. The minimum atomic E-state index is -0.533. The summed E-state index contributed by atoms with van der Waals surface area (Å²) in [6.45, 7) is 1.86. The molecule has 3 N–H and O–H groups in total. The van der Waals surface area contributed by atoms with Crippen LogP contribution in [0.5, 0.6) is 0 Å². The zero-order chi connectivity index (χ0) is 19.7. The zero-order valence-corrected chi connectivity index (χ0v) is 15.7. The summed E-state index contributed by atoms with van der Waals surface area (Å²) in [7, 11) is 0. The topological polar surface area (TPSA) is 115 Å². The smallest absolute Gasteiger partial charge is 0.241 e. The molecule has 28 heavy (non-hydrogen) atoms. The first kappa shape index (κ1) is 17.7. The van der Waals surface area contributed by atoms with Gasteiger partial charge in [0.25, 0.3) is 0 Å². The summed E-state index contributed by atoms with van der Waals surface area (Å²) in [4.78, 5) is 39.7. The Hall–Kier alpha value is -3.65. The van der Waals surface area contributed by atoms with Crippen LogP contribution >= 0.6 is 11.3 Å². The molecular weight excluding hydrogens is 374 g/mol. The number of nitrogens with zero attached hydrogens (tertiary/aromatic N) is 3. The molecule has 1 amide bonds. The van der Waals surface area contributed by atoms with E-state index in [9.17, 15) is 9.59 Å². The number of carbonyl (C=O) groups excluding carboxylic acids is 2. The van der Waals surface area contributed by atoms with E-state index in [0.717, 1.165) is 11.3 Å². The van der Waals surface area contributed by atoms with Crippen LogP contribution in [0.25, 0.3) is 28.5 Å². The number of hydrogen-bond donors (Lipinski definition) is 2. The van der Waals surface area contributed by atoms with Gasteiger partial charge in [-0.25, -0.2) is 15.0 Å². The van der Waals surface area contributed by atoms with Crippen molar-refractivity contribution < 1.29 is 9.59 Å². The van der Waals surface area contributed by atoms with Crippen molar-refractivity contribution in [3.05, 3.63) is 69.9 Å². The molecule has 0 aliphatic carbocycles. The fraction of sp³-hybridized carbons (Fsp3) is 0.0500. The number of nitrogens with two attached hydrogens (primary N) is 1. The molecule has 3 heterocycles. The van der Waals surface area contributed by atoms with Crippen molar-refractivity contribution in [3.8, 4) is 11.3 Å². The predicted octanol–water partition coefficient (Wildman–Crippen LogP) is 3.12. The number of ketones is 1. The molecule has 0 radical (unpaired) electrons. The highest BCUT2D eigenvalue weighted by atomic mass is 32.1. The average Bonchev–Trinajstić information content (AvgIpc) is 3.31. The van der Waals surface area contributed by atoms with Crippen molar-refractivity contribution in [3.63, 3.8) is 0 Å². The summed E-state index contributed by atoms with van der Waals surface area (Å²) in [5.41, 5.74) is 10.00. The van der Waals surface area contributed by atoms with Crippen LogP contribution in [-0.2, 0) is 4.79 Å². The third-order valence-corrected chi connectivity index (χ3v) is 5.05. The predicted molar refractivity (Wildman–Crippen MR) is 108 cm³/mol. The van der Waals surface area contributed by atoms with Gasteiger partial charge >= 0.3 is 0 Å². The number of H-pyrrole nitrogens is 1. The monoisotopic (exact) mass is 389 g/mol. The molecule has 0 saturated carbocycles. The number of aromatic amines is 1. The molecule has 0 bridgehead atoms. The second-order valence-corrected chi connectivity index (χ2v) is 6.99. The lowest BCUT2D eigenvalue weighted by atomic mass is 10.1. The van der Waals surface area contributed by atoms with Gasteiger partial charge in [-0.15, -0.1) is 11.3 Å². The second kappa shape index (κ2) is 7.16. The van der Waals surface area contributed by atoms with Gasteiger partial charge in [0.05, 0.1) is 11.9 Å². The molecule has 0 unspecified atom stereocenters. The Morgan fingerprint density at radius 2 is 1.96 bits per heavy atom. The molecule has 8 heteroatoms. The number of nitrogens with one attached hydrogen (secondary N) is 1. The van der Waals surface area contributed by atoms with Crippen molar-refractivity contribution in [2.75, 3.05) is 0 Å². The molecule has 0 spiro atoms. The van der Waals surface area contributed by atoms with Gasteiger partial charge in [-0.3, -0.25) is 9.59 Å². The van der Waals surface area contributed by atoms with Crippen molar-refractivity contribution in [2.24, 2.45) is 5.73 Å². The SMILES string of the molecule is Cc1csc(C(=O)c2ccc(-c3cnc4[nH]cc(/C=C/C(N)=O)c4n3)cc2)n1. The van der Waals surface area contributed by atoms with E-state index in [0.29, 0.717) is 33.0 Å². The summed E-state index contributed by atoms with van der Waals surface area (Å²) in [5.74, 6) is -0.634. The number of amides is 1. The van der Waals surface area contributed by atoms with Gasteiger partial charge in [-0.05, 0) is 13.0 Å². The second-order valence-electron chi connectivity index (χ2n) is 6.13. The van der Waals surface area contributed by atoms with Crippen molar-refractivity contribution in [1.29, 1.82) is 0 Å². The summed E-state index contributed by atoms with van der Waals surface area (Å²) >= 11 is 1.34. The van der Waals surface area contributed by atoms with Gasteiger partial charge in [0.2, 0.25) is 11.7 Å². The molecule has 1 aromatic carbocycles. The maximum Gasteiger partial charge on any atom is 0.241 e. The van der Waals surface area contributed by atoms with Gasteiger partial charge in [0, 0.05) is 40.0 Å². The van der Waals surface area contributed by atoms with Crippen LogP contribution in [0.2, 0.25) is 0 Å². The summed E-state index contributed by atoms with van der Waals surface area (Å²) in [6.07, 6.45) is 6.24. The fourth-order valence-corrected chi connectivity index (χ4v) is 3.48. The van der Waals surface area contributed by atoms with E-state index >= 15 is 0 Å². The zero-order valence-electron chi connectivity index (χ0n) is 14.8. The van der Waals surface area contributed by atoms with E-state index < -0.39 is 5.91 Å². The molecular formula is C20H15N5O2S. The number of aromatic nitrogens is 4. The third kappa shape index (κ3) is 3.45. The number of hydrogen-bond acceptors (Lipinski definition) is 6. The highest BCUT2D eigenvalue weighted by Gasteiger charge is 2.13. The Balaban J connectivity index is 1.65. The lowest BCUT2D eigenvalue weighted by Crippen LogP contribution is -2.05. The van der Waals surface area contributed by atoms with Crippen LogP contribution in [0.4, 0.5) is 0 Å². The van der Waals surface area contributed by atoms with Crippen LogP contribution in [0.3, 0.4) is 0 Å². The van der Waals surface area contributed by atoms with E-state index in [1.54, 1.807) is 30.6 Å². The molecule has 3 aromatic heterocycles. The van der Waals surface area contributed by atoms with Crippen LogP contribution in [-0.4, -0.2) is 31.6 Å². The van der Waals surface area contributed by atoms with Gasteiger partial charge in [0.1, 0.15) is 5.52 Å². The molecule has 0 aliphatic heterocycles. The number of rotatable bonds is 5. The van der Waals surface area contributed by atoms with Crippen LogP contribution < -0.4 is 5.73 Å². The van der Waals surface area contributed by atoms with E-state index in [2.05, 4.69) is 19.9 Å². The van der Waals surface area contributed by atoms with E-state index in [4.69, 9.17) is 5.73 Å². The van der Waals surface area contributed by atoms with E-state index in [1.807, 2.05) is 24.4 Å². The van der Waals surface area contributed by atoms with E-state index in [1.165, 1.54) is 17.4 Å². The summed E-state index contributed by atoms with van der Waals surface area (Å²) in [6, 6.07) is 7.17. The van der Waals surface area contributed by atoms with Crippen molar-refractivity contribution in [2.45, 2.75) is 6.92 Å². The number of primary amides is 1. The van der Waals surface area contributed by atoms with Crippen molar-refractivity contribution in [1.82, 2.24) is 19.9 Å². The molecule has 0 atom stereocenters. The van der Waals surface area contributed by atoms with Gasteiger partial charge in [0.15, 0.2) is 10.7 Å². The minimum absolute atomic E-state index is 0.101. The third-order valence-electron chi connectivity index (χ3n) is 4.09. The van der Waals surface area contributed by atoms with Crippen LogP contribution in [0, 0.1) is 6.92 Å². The molecule has 0 saturated heterocycles. The highest BCUT2D eigenvalue weighted by molar-refractivity contribution is 7.12. The highest BCUT2D eigenvalue weighted by Crippen LogP contribution is 2.23. The van der Waals surface area contributed by atoms with Gasteiger partial charge < -0.3 is 10.7 Å². The fourth-order valence-electron chi connectivity index (χ4n) is 2.72. The Morgan fingerprint density at radius 3 is 2.64 bits per heavy atom. The lowest BCUT2D eigenvalue weighted by molar-refractivity contribution is -0.113. The van der Waals surface area contributed by atoms with Crippen LogP contribution in [0.1, 0.15) is 26.6 Å². The molecule has 4 aromatic rings. The first-order chi connectivity index (χ1) is 13.5. The van der Waals surface area contributed by atoms with Gasteiger partial charge in [-0.2, -0.15) is 0 Å². The number of aryl methyl sites for hydroxylation is 1. The Bertz CT molecular complexity index is 1220. The number of carbonyl (C=O) groups is 2. The Kier molecular flexibility index (Phi) is 4.54. The van der Waals surface area contributed by atoms with Crippen LogP contribution in [0.15, 0.2) is 48.1 Å². The van der Waals surface area contributed by atoms with E-state index in [-0.39, 0.29) is 5.78 Å². The maximum absolute atomic E-state index is 12.5. The number of fused-ring (bicyclic) bond motifs is 1. The molecule has 0 aliphatic rings. The number of benzene rings is 1. The lowest BCUT2D eigenvalue weighted by Gasteiger charge is -2.03. The number of thiazole rings is 1. The summed E-state index contributed by atoms with van der Waals surface area (Å²) in [5, 5.41) is 2.33. The Labute approximate surface area is 164 Å². The van der Waals surface area contributed by atoms with Crippen molar-refractivity contribution >= 4 is 40.3 Å². The van der Waals surface area contributed by atoms with Gasteiger partial charge in [-0.1, -0.05) is 24.3 Å². The molecule has 4 rings (SSSR count). The molecule has 0 fully saturated rings. The standard InChI is InChI=1S/C20H15N5O2S/c1-11-10-28-20(24-11)18(27)13-4-2-12(3-5-13)15-9-23-19-17(25-15)14(8-22-19)6-7-16(21)26/h2-10H,1H3,(H2,21,26)(H,22,23)/b7-6+. The summed E-state index contributed by atoms with van der Waals surface area (Å²) < 4.78 is 0.